The Morgan fingerprint density at radius 1 is 1.29 bits per heavy atom. The summed E-state index contributed by atoms with van der Waals surface area (Å²) >= 11 is 0. The number of rotatable bonds is 2. The molecule has 2 aliphatic rings. The van der Waals surface area contributed by atoms with Crippen LogP contribution in [0.3, 0.4) is 0 Å². The van der Waals surface area contributed by atoms with E-state index in [0.29, 0.717) is 25.5 Å². The van der Waals surface area contributed by atoms with Crippen molar-refractivity contribution in [2.45, 2.75) is 39.0 Å². The molecule has 8 heteroatoms. The lowest BCUT2D eigenvalue weighted by molar-refractivity contribution is -0.148. The lowest BCUT2D eigenvalue weighted by Gasteiger charge is -2.40. The monoisotopic (exact) mass is 303 g/mol. The number of alkyl halides is 3. The van der Waals surface area contributed by atoms with Crippen LogP contribution in [0.5, 0.6) is 0 Å². The number of piperidine rings is 1. The first-order valence-electron chi connectivity index (χ1n) is 7.30. The van der Waals surface area contributed by atoms with Gasteiger partial charge in [-0.1, -0.05) is 6.92 Å². The van der Waals surface area contributed by atoms with E-state index in [-0.39, 0.29) is 5.41 Å². The number of halogens is 3. The van der Waals surface area contributed by atoms with Gasteiger partial charge in [-0.3, -0.25) is 4.90 Å². The number of aromatic nitrogens is 3. The van der Waals surface area contributed by atoms with Gasteiger partial charge in [-0.2, -0.15) is 13.2 Å². The summed E-state index contributed by atoms with van der Waals surface area (Å²) in [6.07, 6.45) is -2.12. The summed E-state index contributed by atoms with van der Waals surface area (Å²) in [5.41, 5.74) is 0.188. The fourth-order valence-electron chi connectivity index (χ4n) is 3.35. The molecular weight excluding hydrogens is 283 g/mol. The van der Waals surface area contributed by atoms with Crippen LogP contribution in [-0.4, -0.2) is 45.8 Å². The molecule has 5 nitrogen and oxygen atoms in total. The van der Waals surface area contributed by atoms with Crippen molar-refractivity contribution in [1.82, 2.24) is 25.0 Å². The quantitative estimate of drug-likeness (QED) is 0.899. The Hall–Kier alpha value is -1.15. The molecule has 1 aromatic rings. The van der Waals surface area contributed by atoms with Gasteiger partial charge in [-0.25, -0.2) is 0 Å². The molecule has 1 atom stereocenters. The molecule has 1 unspecified atom stereocenters. The normalized spacial score (nSPS) is 27.6. The third-order valence-corrected chi connectivity index (χ3v) is 4.38. The van der Waals surface area contributed by atoms with Gasteiger partial charge in [-0.05, 0) is 24.8 Å². The van der Waals surface area contributed by atoms with Crippen LogP contribution in [0.2, 0.25) is 0 Å². The van der Waals surface area contributed by atoms with Gasteiger partial charge in [0, 0.05) is 26.2 Å². The van der Waals surface area contributed by atoms with E-state index in [9.17, 15) is 13.2 Å². The highest BCUT2D eigenvalue weighted by Crippen LogP contribution is 2.31. The van der Waals surface area contributed by atoms with E-state index in [2.05, 4.69) is 27.3 Å². The van der Waals surface area contributed by atoms with Crippen LogP contribution in [0.25, 0.3) is 0 Å². The molecule has 1 N–H and O–H groups in total. The van der Waals surface area contributed by atoms with Gasteiger partial charge in [0.25, 0.3) is 0 Å². The Labute approximate surface area is 121 Å². The van der Waals surface area contributed by atoms with Gasteiger partial charge in [0.15, 0.2) is 0 Å². The van der Waals surface area contributed by atoms with E-state index in [1.807, 2.05) is 0 Å². The molecule has 3 heterocycles. The lowest BCUT2D eigenvalue weighted by Crippen LogP contribution is -2.47. The fraction of sp³-hybridized carbons (Fsp3) is 0.846. The van der Waals surface area contributed by atoms with Crippen LogP contribution in [0, 0.1) is 5.41 Å². The van der Waals surface area contributed by atoms with Gasteiger partial charge < -0.3 is 9.88 Å². The Balaban J connectivity index is 1.69. The number of fused-ring (bicyclic) bond motifs is 1. The summed E-state index contributed by atoms with van der Waals surface area (Å²) in [4.78, 5) is 2.19. The van der Waals surface area contributed by atoms with Crippen molar-refractivity contribution >= 4 is 0 Å². The Bertz CT molecular complexity index is 504. The van der Waals surface area contributed by atoms with E-state index < -0.39 is 12.0 Å². The zero-order chi connectivity index (χ0) is 15.1. The van der Waals surface area contributed by atoms with Gasteiger partial charge in [0.2, 0.25) is 5.82 Å². The smallest absolute Gasteiger partial charge is 0.316 e. The summed E-state index contributed by atoms with van der Waals surface area (Å²) < 4.78 is 39.6. The molecule has 21 heavy (non-hydrogen) atoms. The SMILES string of the molecule is CC1(CN2CCn3c(nnc3C(F)(F)F)C2)CCCNC1. The molecule has 1 fully saturated rings. The molecule has 0 aromatic carbocycles. The number of nitrogens with one attached hydrogen (secondary N) is 1. The molecular formula is C13H20F3N5. The predicted octanol–water partition coefficient (Wildman–Crippen LogP) is 1.50. The number of hydrogen-bond donors (Lipinski definition) is 1. The standard InChI is InChI=1S/C13H20F3N5/c1-12(3-2-4-17-8-12)9-20-5-6-21-10(7-20)18-19-11(21)13(14,15)16/h17H,2-9H2,1H3. The maximum Gasteiger partial charge on any atom is 0.451 e. The maximum atomic E-state index is 12.8. The summed E-state index contributed by atoms with van der Waals surface area (Å²) in [7, 11) is 0. The molecule has 0 radical (unpaired) electrons. The van der Waals surface area contributed by atoms with Gasteiger partial charge in [0.05, 0.1) is 6.54 Å². The van der Waals surface area contributed by atoms with Crippen LogP contribution < -0.4 is 5.32 Å². The highest BCUT2D eigenvalue weighted by atomic mass is 19.4. The number of nitrogens with zero attached hydrogens (tertiary/aromatic N) is 4. The topological polar surface area (TPSA) is 46.0 Å². The zero-order valence-electron chi connectivity index (χ0n) is 12.1. The zero-order valence-corrected chi connectivity index (χ0v) is 12.1. The van der Waals surface area contributed by atoms with E-state index >= 15 is 0 Å². The second-order valence-corrected chi connectivity index (χ2v) is 6.39. The van der Waals surface area contributed by atoms with Crippen molar-refractivity contribution in [3.63, 3.8) is 0 Å². The second-order valence-electron chi connectivity index (χ2n) is 6.39. The second kappa shape index (κ2) is 5.24. The average Bonchev–Trinajstić information content (AvgIpc) is 2.82. The van der Waals surface area contributed by atoms with Gasteiger partial charge >= 0.3 is 6.18 Å². The van der Waals surface area contributed by atoms with Crippen LogP contribution in [0.4, 0.5) is 13.2 Å². The van der Waals surface area contributed by atoms with E-state index in [4.69, 9.17) is 0 Å². The highest BCUT2D eigenvalue weighted by Gasteiger charge is 2.40. The molecule has 0 saturated carbocycles. The minimum absolute atomic E-state index is 0.188. The molecule has 0 spiro atoms. The number of hydrogen-bond acceptors (Lipinski definition) is 4. The maximum absolute atomic E-state index is 12.8. The molecule has 1 aromatic heterocycles. The first kappa shape index (κ1) is 14.8. The van der Waals surface area contributed by atoms with Crippen molar-refractivity contribution < 1.29 is 13.2 Å². The van der Waals surface area contributed by atoms with E-state index in [0.717, 1.165) is 32.5 Å². The molecule has 2 aliphatic heterocycles. The van der Waals surface area contributed by atoms with Crippen molar-refractivity contribution in [2.24, 2.45) is 5.41 Å². The third-order valence-electron chi connectivity index (χ3n) is 4.38. The summed E-state index contributed by atoms with van der Waals surface area (Å²) in [6.45, 7) is 6.50. The van der Waals surface area contributed by atoms with Crippen molar-refractivity contribution in [2.75, 3.05) is 26.2 Å². The minimum Gasteiger partial charge on any atom is -0.316 e. The molecule has 118 valence electrons. The fourth-order valence-corrected chi connectivity index (χ4v) is 3.35. The van der Waals surface area contributed by atoms with Crippen molar-refractivity contribution in [1.29, 1.82) is 0 Å². The van der Waals surface area contributed by atoms with Crippen LogP contribution in [-0.2, 0) is 19.3 Å². The minimum atomic E-state index is -4.42. The predicted molar refractivity (Wildman–Crippen MR) is 70.5 cm³/mol. The van der Waals surface area contributed by atoms with Gasteiger partial charge in [0.1, 0.15) is 5.82 Å². The Morgan fingerprint density at radius 3 is 2.76 bits per heavy atom. The average molecular weight is 303 g/mol. The Kier molecular flexibility index (Phi) is 3.69. The first-order chi connectivity index (χ1) is 9.87. The van der Waals surface area contributed by atoms with Crippen molar-refractivity contribution in [3.8, 4) is 0 Å². The molecule has 0 aliphatic carbocycles. The summed E-state index contributed by atoms with van der Waals surface area (Å²) in [6, 6.07) is 0. The molecule has 0 amide bonds. The Morgan fingerprint density at radius 2 is 2.10 bits per heavy atom. The van der Waals surface area contributed by atoms with E-state index in [1.165, 1.54) is 4.57 Å². The van der Waals surface area contributed by atoms with Crippen LogP contribution in [0.1, 0.15) is 31.4 Å². The third kappa shape index (κ3) is 3.06. The summed E-state index contributed by atoms with van der Waals surface area (Å²) in [5.74, 6) is -0.455. The van der Waals surface area contributed by atoms with E-state index in [1.54, 1.807) is 0 Å². The van der Waals surface area contributed by atoms with Crippen LogP contribution in [0.15, 0.2) is 0 Å². The molecule has 3 rings (SSSR count). The highest BCUT2D eigenvalue weighted by molar-refractivity contribution is 5.02. The van der Waals surface area contributed by atoms with Crippen molar-refractivity contribution in [3.05, 3.63) is 11.6 Å². The molecule has 0 bridgehead atoms. The van der Waals surface area contributed by atoms with Gasteiger partial charge in [-0.15, -0.1) is 10.2 Å². The largest absolute Gasteiger partial charge is 0.451 e. The van der Waals surface area contributed by atoms with Crippen LogP contribution >= 0.6 is 0 Å². The molecule has 1 saturated heterocycles. The lowest BCUT2D eigenvalue weighted by atomic mass is 9.82. The summed E-state index contributed by atoms with van der Waals surface area (Å²) in [5, 5.41) is 10.4. The first-order valence-corrected chi connectivity index (χ1v) is 7.30.